The second-order valence-corrected chi connectivity index (χ2v) is 6.61. The van der Waals surface area contributed by atoms with Crippen LogP contribution in [-0.2, 0) is 0 Å². The summed E-state index contributed by atoms with van der Waals surface area (Å²) in [7, 11) is 0. The van der Waals surface area contributed by atoms with E-state index in [2.05, 4.69) is 58.9 Å². The third-order valence-corrected chi connectivity index (χ3v) is 5.03. The molecule has 0 radical (unpaired) electrons. The predicted molar refractivity (Wildman–Crippen MR) is 85.1 cm³/mol. The third-order valence-electron chi connectivity index (χ3n) is 4.31. The van der Waals surface area contributed by atoms with E-state index >= 15 is 0 Å². The van der Waals surface area contributed by atoms with E-state index in [-0.39, 0.29) is 6.04 Å². The molecule has 2 nitrogen and oxygen atoms in total. The Kier molecular flexibility index (Phi) is 5.43. The van der Waals surface area contributed by atoms with Crippen LogP contribution in [0.5, 0.6) is 0 Å². The highest BCUT2D eigenvalue weighted by Crippen LogP contribution is 2.33. The molecule has 1 saturated heterocycles. The molecule has 19 heavy (non-hydrogen) atoms. The summed E-state index contributed by atoms with van der Waals surface area (Å²) in [6, 6.07) is 9.06. The molecule has 2 N–H and O–H groups in total. The number of hydrogen-bond acceptors (Lipinski definition) is 2. The molecule has 0 amide bonds. The molecule has 3 heteroatoms. The van der Waals surface area contributed by atoms with Crippen LogP contribution in [0.25, 0.3) is 0 Å². The molecule has 1 aromatic rings. The second kappa shape index (κ2) is 6.87. The number of hydrogen-bond donors (Lipinski definition) is 1. The van der Waals surface area contributed by atoms with Gasteiger partial charge < -0.3 is 5.73 Å². The zero-order chi connectivity index (χ0) is 13.8. The topological polar surface area (TPSA) is 29.3 Å². The van der Waals surface area contributed by atoms with Gasteiger partial charge in [0.15, 0.2) is 0 Å². The molecule has 2 rings (SSSR count). The summed E-state index contributed by atoms with van der Waals surface area (Å²) < 4.78 is 1.18. The fourth-order valence-corrected chi connectivity index (χ4v) is 3.46. The summed E-state index contributed by atoms with van der Waals surface area (Å²) in [5.41, 5.74) is 7.76. The van der Waals surface area contributed by atoms with E-state index in [1.165, 1.54) is 36.0 Å². The van der Waals surface area contributed by atoms with Crippen LogP contribution in [0.1, 0.15) is 44.7 Å². The van der Waals surface area contributed by atoms with E-state index < -0.39 is 0 Å². The molecule has 0 spiro atoms. The Hall–Kier alpha value is -0.380. The number of nitrogens with two attached hydrogens (primary N) is 1. The molecule has 1 fully saturated rings. The van der Waals surface area contributed by atoms with Crippen molar-refractivity contribution >= 4 is 15.9 Å². The number of piperidine rings is 1. The molecule has 0 aromatic heterocycles. The van der Waals surface area contributed by atoms with Crippen molar-refractivity contribution in [2.45, 2.75) is 45.2 Å². The molecule has 1 aromatic carbocycles. The standard InChI is InChI=1S/C16H25BrN2/c1-3-15(18)16(13-6-4-5-7-14(13)17)19-10-8-12(2)9-11-19/h4-7,12,15-16H,3,8-11,18H2,1-2H3. The van der Waals surface area contributed by atoms with Crippen LogP contribution >= 0.6 is 15.9 Å². The third kappa shape index (κ3) is 3.59. The van der Waals surface area contributed by atoms with Gasteiger partial charge in [0.25, 0.3) is 0 Å². The maximum Gasteiger partial charge on any atom is 0.0510 e. The van der Waals surface area contributed by atoms with Gasteiger partial charge in [-0.05, 0) is 49.9 Å². The van der Waals surface area contributed by atoms with Gasteiger partial charge in [0, 0.05) is 10.5 Å². The van der Waals surface area contributed by atoms with Crippen molar-refractivity contribution in [1.82, 2.24) is 4.90 Å². The first kappa shape index (κ1) is 15.0. The van der Waals surface area contributed by atoms with E-state index in [1.807, 2.05) is 0 Å². The minimum absolute atomic E-state index is 0.201. The fraction of sp³-hybridized carbons (Fsp3) is 0.625. The van der Waals surface area contributed by atoms with E-state index in [4.69, 9.17) is 5.73 Å². The van der Waals surface area contributed by atoms with E-state index in [1.54, 1.807) is 0 Å². The SMILES string of the molecule is CCC(N)C(c1ccccc1Br)N1CCC(C)CC1. The van der Waals surface area contributed by atoms with Crippen molar-refractivity contribution < 1.29 is 0 Å². The normalized spacial score (nSPS) is 21.3. The fourth-order valence-electron chi connectivity index (χ4n) is 2.94. The monoisotopic (exact) mass is 324 g/mol. The van der Waals surface area contributed by atoms with Gasteiger partial charge in [-0.15, -0.1) is 0 Å². The highest BCUT2D eigenvalue weighted by molar-refractivity contribution is 9.10. The lowest BCUT2D eigenvalue weighted by Gasteiger charge is -2.40. The number of nitrogens with zero attached hydrogens (tertiary/aromatic N) is 1. The molecule has 1 aliphatic rings. The highest BCUT2D eigenvalue weighted by atomic mass is 79.9. The van der Waals surface area contributed by atoms with Crippen LogP contribution in [0, 0.1) is 5.92 Å². The van der Waals surface area contributed by atoms with Gasteiger partial charge >= 0.3 is 0 Å². The predicted octanol–water partition coefficient (Wildman–Crippen LogP) is 3.96. The minimum atomic E-state index is 0.201. The van der Waals surface area contributed by atoms with Crippen molar-refractivity contribution in [3.63, 3.8) is 0 Å². The molecule has 0 saturated carbocycles. The lowest BCUT2D eigenvalue weighted by atomic mass is 9.91. The van der Waals surface area contributed by atoms with Crippen LogP contribution in [0.2, 0.25) is 0 Å². The van der Waals surface area contributed by atoms with Gasteiger partial charge in [-0.1, -0.05) is 48.0 Å². The average Bonchev–Trinajstić information content (AvgIpc) is 2.43. The van der Waals surface area contributed by atoms with Crippen molar-refractivity contribution in [2.75, 3.05) is 13.1 Å². The summed E-state index contributed by atoms with van der Waals surface area (Å²) >= 11 is 3.69. The van der Waals surface area contributed by atoms with Crippen LogP contribution in [0.3, 0.4) is 0 Å². The van der Waals surface area contributed by atoms with E-state index in [9.17, 15) is 0 Å². The lowest BCUT2D eigenvalue weighted by molar-refractivity contribution is 0.118. The second-order valence-electron chi connectivity index (χ2n) is 5.76. The molecule has 0 aliphatic carbocycles. The highest BCUT2D eigenvalue weighted by Gasteiger charge is 2.29. The number of benzene rings is 1. The molecule has 0 bridgehead atoms. The summed E-state index contributed by atoms with van der Waals surface area (Å²) in [4.78, 5) is 2.58. The Morgan fingerprint density at radius 3 is 2.53 bits per heavy atom. The van der Waals surface area contributed by atoms with Gasteiger partial charge in [0.2, 0.25) is 0 Å². The van der Waals surface area contributed by atoms with E-state index in [0.717, 1.165) is 12.3 Å². The first-order valence-corrected chi connectivity index (χ1v) is 8.16. The summed E-state index contributed by atoms with van der Waals surface area (Å²) in [5, 5.41) is 0. The van der Waals surface area contributed by atoms with Crippen LogP contribution in [0.4, 0.5) is 0 Å². The average molecular weight is 325 g/mol. The van der Waals surface area contributed by atoms with Gasteiger partial charge in [-0.3, -0.25) is 4.90 Å². The quantitative estimate of drug-likeness (QED) is 0.908. The number of rotatable bonds is 4. The van der Waals surface area contributed by atoms with Crippen molar-refractivity contribution in [2.24, 2.45) is 11.7 Å². The zero-order valence-electron chi connectivity index (χ0n) is 12.0. The summed E-state index contributed by atoms with van der Waals surface area (Å²) in [5.74, 6) is 0.856. The Balaban J connectivity index is 2.24. The lowest BCUT2D eigenvalue weighted by Crippen LogP contribution is -2.44. The van der Waals surface area contributed by atoms with Gasteiger partial charge in [0.1, 0.15) is 0 Å². The number of likely N-dealkylation sites (tertiary alicyclic amines) is 1. The minimum Gasteiger partial charge on any atom is -0.326 e. The smallest absolute Gasteiger partial charge is 0.0510 e. The molecule has 2 unspecified atom stereocenters. The van der Waals surface area contributed by atoms with Crippen molar-refractivity contribution in [1.29, 1.82) is 0 Å². The zero-order valence-corrected chi connectivity index (χ0v) is 13.6. The maximum absolute atomic E-state index is 6.42. The molecule has 2 atom stereocenters. The first-order chi connectivity index (χ1) is 9.13. The molecular weight excluding hydrogens is 300 g/mol. The van der Waals surface area contributed by atoms with E-state index in [0.29, 0.717) is 6.04 Å². The van der Waals surface area contributed by atoms with Crippen molar-refractivity contribution in [3.05, 3.63) is 34.3 Å². The van der Waals surface area contributed by atoms with Gasteiger partial charge in [-0.2, -0.15) is 0 Å². The molecule has 1 aliphatic heterocycles. The van der Waals surface area contributed by atoms with Gasteiger partial charge in [-0.25, -0.2) is 0 Å². The summed E-state index contributed by atoms with van der Waals surface area (Å²) in [6.07, 6.45) is 3.59. The molecule has 106 valence electrons. The Labute approximate surface area is 125 Å². The van der Waals surface area contributed by atoms with Crippen molar-refractivity contribution in [3.8, 4) is 0 Å². The van der Waals surface area contributed by atoms with Crippen LogP contribution < -0.4 is 5.73 Å². The largest absolute Gasteiger partial charge is 0.326 e. The maximum atomic E-state index is 6.42. The van der Waals surface area contributed by atoms with Crippen LogP contribution in [-0.4, -0.2) is 24.0 Å². The summed E-state index contributed by atoms with van der Waals surface area (Å²) in [6.45, 7) is 6.87. The first-order valence-electron chi connectivity index (χ1n) is 7.37. The Morgan fingerprint density at radius 1 is 1.32 bits per heavy atom. The Morgan fingerprint density at radius 2 is 1.95 bits per heavy atom. The van der Waals surface area contributed by atoms with Crippen LogP contribution in [0.15, 0.2) is 28.7 Å². The number of halogens is 1. The Bertz CT molecular complexity index is 399. The van der Waals surface area contributed by atoms with Gasteiger partial charge in [0.05, 0.1) is 6.04 Å². The molecule has 1 heterocycles. The molecular formula is C16H25BrN2.